The van der Waals surface area contributed by atoms with Crippen molar-refractivity contribution in [3.63, 3.8) is 0 Å². The maximum absolute atomic E-state index is 11.8. The fourth-order valence-electron chi connectivity index (χ4n) is 1.36. The average molecular weight is 249 g/mol. The van der Waals surface area contributed by atoms with Crippen LogP contribution in [0.3, 0.4) is 0 Å². The molecule has 8 nitrogen and oxygen atoms in total. The van der Waals surface area contributed by atoms with Gasteiger partial charge in [-0.2, -0.15) is 5.21 Å². The minimum absolute atomic E-state index is 0.223. The highest BCUT2D eigenvalue weighted by molar-refractivity contribution is 5.95. The molecule has 0 saturated carbocycles. The van der Waals surface area contributed by atoms with Gasteiger partial charge >= 0.3 is 0 Å². The Morgan fingerprint density at radius 3 is 2.78 bits per heavy atom. The molecular weight excluding hydrogens is 238 g/mol. The molecule has 1 heterocycles. The number of nitrogens with zero attached hydrogens (tertiary/aromatic N) is 3. The minimum atomic E-state index is -0.424. The predicted octanol–water partition coefficient (Wildman–Crippen LogP) is 0.102. The van der Waals surface area contributed by atoms with E-state index in [1.165, 1.54) is 18.2 Å². The summed E-state index contributed by atoms with van der Waals surface area (Å²) in [5.41, 5.74) is 0.223. The molecule has 1 atom stereocenters. The zero-order valence-corrected chi connectivity index (χ0v) is 9.45. The van der Waals surface area contributed by atoms with Crippen molar-refractivity contribution < 1.29 is 15.0 Å². The number of carbonyl (C=O) groups excluding carboxylic acids is 1. The van der Waals surface area contributed by atoms with Crippen molar-refractivity contribution in [1.29, 1.82) is 0 Å². The number of tetrazole rings is 1. The molecule has 0 bridgehead atoms. The summed E-state index contributed by atoms with van der Waals surface area (Å²) in [5, 5.41) is 34.2. The van der Waals surface area contributed by atoms with Gasteiger partial charge in [0.25, 0.3) is 5.91 Å². The average Bonchev–Trinajstić information content (AvgIpc) is 2.86. The number of aromatic amines is 1. The smallest absolute Gasteiger partial charge is 0.252 e. The number of nitrogens with one attached hydrogen (secondary N) is 2. The monoisotopic (exact) mass is 249 g/mol. The van der Waals surface area contributed by atoms with Crippen molar-refractivity contribution in [2.24, 2.45) is 0 Å². The molecule has 1 amide bonds. The van der Waals surface area contributed by atoms with E-state index in [0.29, 0.717) is 5.82 Å². The molecule has 0 spiro atoms. The molecule has 0 radical (unpaired) electrons. The van der Waals surface area contributed by atoms with Crippen molar-refractivity contribution in [3.05, 3.63) is 29.6 Å². The van der Waals surface area contributed by atoms with E-state index in [1.807, 2.05) is 0 Å². The van der Waals surface area contributed by atoms with Crippen LogP contribution in [0.5, 0.6) is 11.5 Å². The van der Waals surface area contributed by atoms with Gasteiger partial charge in [0.15, 0.2) is 17.3 Å². The summed E-state index contributed by atoms with van der Waals surface area (Å²) >= 11 is 0. The maximum Gasteiger partial charge on any atom is 0.252 e. The van der Waals surface area contributed by atoms with Crippen LogP contribution >= 0.6 is 0 Å². The first-order chi connectivity index (χ1) is 8.58. The van der Waals surface area contributed by atoms with Crippen LogP contribution in [0.15, 0.2) is 18.2 Å². The molecule has 2 aromatic rings. The second-order valence-electron chi connectivity index (χ2n) is 3.67. The lowest BCUT2D eigenvalue weighted by Gasteiger charge is -2.10. The third-order valence-electron chi connectivity index (χ3n) is 2.33. The summed E-state index contributed by atoms with van der Waals surface area (Å²) in [5.74, 6) is -0.693. The number of carbonyl (C=O) groups is 1. The number of phenols is 2. The molecule has 0 saturated heterocycles. The first-order valence-electron chi connectivity index (χ1n) is 5.14. The number of phenolic OH excluding ortho intramolecular Hbond substituents is 2. The highest BCUT2D eigenvalue weighted by atomic mass is 16.3. The van der Waals surface area contributed by atoms with E-state index in [1.54, 1.807) is 6.92 Å². The number of aromatic nitrogens is 4. The van der Waals surface area contributed by atoms with Crippen LogP contribution in [0.25, 0.3) is 0 Å². The third kappa shape index (κ3) is 2.37. The number of aromatic hydroxyl groups is 2. The molecule has 0 aliphatic carbocycles. The van der Waals surface area contributed by atoms with Gasteiger partial charge in [0.05, 0.1) is 6.04 Å². The molecule has 2 rings (SSSR count). The SMILES string of the molecule is CC(NC(=O)c1ccc(O)c(O)c1)c1nn[nH]n1. The zero-order valence-electron chi connectivity index (χ0n) is 9.45. The first kappa shape index (κ1) is 11.8. The summed E-state index contributed by atoms with van der Waals surface area (Å²) in [6.07, 6.45) is 0. The second kappa shape index (κ2) is 4.70. The van der Waals surface area contributed by atoms with Gasteiger partial charge in [-0.15, -0.1) is 10.2 Å². The summed E-state index contributed by atoms with van der Waals surface area (Å²) in [6, 6.07) is 3.39. The van der Waals surface area contributed by atoms with E-state index in [0.717, 1.165) is 0 Å². The quantitative estimate of drug-likeness (QED) is 0.572. The summed E-state index contributed by atoms with van der Waals surface area (Å²) in [7, 11) is 0. The van der Waals surface area contributed by atoms with E-state index < -0.39 is 11.9 Å². The van der Waals surface area contributed by atoms with Crippen LogP contribution in [0, 0.1) is 0 Å². The van der Waals surface area contributed by atoms with Crippen LogP contribution in [0.4, 0.5) is 0 Å². The Hall–Kier alpha value is -2.64. The Kier molecular flexibility index (Phi) is 3.09. The number of rotatable bonds is 3. The van der Waals surface area contributed by atoms with Gasteiger partial charge in [0.2, 0.25) is 0 Å². The molecule has 1 aromatic heterocycles. The van der Waals surface area contributed by atoms with E-state index >= 15 is 0 Å². The summed E-state index contributed by atoms with van der Waals surface area (Å²) < 4.78 is 0. The van der Waals surface area contributed by atoms with E-state index in [2.05, 4.69) is 25.9 Å². The van der Waals surface area contributed by atoms with Crippen LogP contribution in [0.1, 0.15) is 29.1 Å². The third-order valence-corrected chi connectivity index (χ3v) is 2.33. The molecule has 18 heavy (non-hydrogen) atoms. The van der Waals surface area contributed by atoms with Crippen LogP contribution in [-0.2, 0) is 0 Å². The lowest BCUT2D eigenvalue weighted by atomic mass is 10.1. The molecular formula is C10H11N5O3. The molecule has 0 fully saturated rings. The van der Waals surface area contributed by atoms with Gasteiger partial charge in [-0.3, -0.25) is 4.79 Å². The Morgan fingerprint density at radius 1 is 1.39 bits per heavy atom. The molecule has 1 aromatic carbocycles. The number of benzene rings is 1. The Morgan fingerprint density at radius 2 is 2.17 bits per heavy atom. The van der Waals surface area contributed by atoms with E-state index in [9.17, 15) is 9.90 Å². The van der Waals surface area contributed by atoms with Crippen LogP contribution < -0.4 is 5.32 Å². The second-order valence-corrected chi connectivity index (χ2v) is 3.67. The number of hydrogen-bond donors (Lipinski definition) is 4. The normalized spacial score (nSPS) is 12.1. The molecule has 1 unspecified atom stereocenters. The van der Waals surface area contributed by atoms with Gasteiger partial charge in [-0.25, -0.2) is 0 Å². The van der Waals surface area contributed by atoms with E-state index in [-0.39, 0.29) is 17.1 Å². The van der Waals surface area contributed by atoms with E-state index in [4.69, 9.17) is 5.11 Å². The lowest BCUT2D eigenvalue weighted by molar-refractivity contribution is 0.0938. The van der Waals surface area contributed by atoms with Crippen molar-refractivity contribution in [2.45, 2.75) is 13.0 Å². The Labute approximate surface area is 102 Å². The molecule has 0 aliphatic heterocycles. The van der Waals surface area contributed by atoms with Crippen molar-refractivity contribution >= 4 is 5.91 Å². The standard InChI is InChI=1S/C10H11N5O3/c1-5(9-12-14-15-13-9)11-10(18)6-2-3-7(16)8(17)4-6/h2-5,16-17H,1H3,(H,11,18)(H,12,13,14,15). The summed E-state index contributed by atoms with van der Waals surface area (Å²) in [4.78, 5) is 11.8. The number of amides is 1. The fourth-order valence-corrected chi connectivity index (χ4v) is 1.36. The van der Waals surface area contributed by atoms with Crippen molar-refractivity contribution in [3.8, 4) is 11.5 Å². The maximum atomic E-state index is 11.8. The molecule has 0 aliphatic rings. The molecule has 94 valence electrons. The summed E-state index contributed by atoms with van der Waals surface area (Å²) in [6.45, 7) is 1.70. The van der Waals surface area contributed by atoms with Crippen molar-refractivity contribution in [1.82, 2.24) is 25.9 Å². The van der Waals surface area contributed by atoms with Crippen LogP contribution in [-0.4, -0.2) is 36.7 Å². The van der Waals surface area contributed by atoms with Crippen LogP contribution in [0.2, 0.25) is 0 Å². The lowest BCUT2D eigenvalue weighted by Crippen LogP contribution is -2.27. The topological polar surface area (TPSA) is 124 Å². The number of H-pyrrole nitrogens is 1. The zero-order chi connectivity index (χ0) is 13.1. The highest BCUT2D eigenvalue weighted by Gasteiger charge is 2.15. The Bertz CT molecular complexity index is 555. The first-order valence-corrected chi connectivity index (χ1v) is 5.14. The largest absolute Gasteiger partial charge is 0.504 e. The Balaban J connectivity index is 2.10. The highest BCUT2D eigenvalue weighted by Crippen LogP contribution is 2.24. The molecule has 4 N–H and O–H groups in total. The van der Waals surface area contributed by atoms with Crippen molar-refractivity contribution in [2.75, 3.05) is 0 Å². The minimum Gasteiger partial charge on any atom is -0.504 e. The number of hydrogen-bond acceptors (Lipinski definition) is 6. The van der Waals surface area contributed by atoms with Gasteiger partial charge in [0.1, 0.15) is 0 Å². The van der Waals surface area contributed by atoms with Gasteiger partial charge in [-0.05, 0) is 25.1 Å². The fraction of sp³-hybridized carbons (Fsp3) is 0.200. The van der Waals surface area contributed by atoms with Gasteiger partial charge < -0.3 is 15.5 Å². The van der Waals surface area contributed by atoms with Gasteiger partial charge in [0, 0.05) is 5.56 Å². The van der Waals surface area contributed by atoms with Gasteiger partial charge in [-0.1, -0.05) is 5.21 Å². The molecule has 8 heteroatoms. The predicted molar refractivity (Wildman–Crippen MR) is 59.8 cm³/mol.